The minimum atomic E-state index is -0.0260. The second kappa shape index (κ2) is 6.84. The SMILES string of the molecule is CCN(Cc1ccccc1)C(=O)c1cc(-c2ncnc3[nH]ccc23)c[nH]1.[HH].[HH]. The van der Waals surface area contributed by atoms with Gasteiger partial charge in [0.25, 0.3) is 5.91 Å². The molecule has 1 amide bonds. The summed E-state index contributed by atoms with van der Waals surface area (Å²) >= 11 is 0. The molecular formula is C20H23N5O. The van der Waals surface area contributed by atoms with E-state index < -0.39 is 0 Å². The van der Waals surface area contributed by atoms with Gasteiger partial charge >= 0.3 is 0 Å². The summed E-state index contributed by atoms with van der Waals surface area (Å²) in [6.45, 7) is 3.20. The van der Waals surface area contributed by atoms with Crippen LogP contribution in [0, 0.1) is 0 Å². The Morgan fingerprint density at radius 3 is 2.81 bits per heavy atom. The van der Waals surface area contributed by atoms with Crippen LogP contribution in [0.3, 0.4) is 0 Å². The van der Waals surface area contributed by atoms with Crippen LogP contribution in [0.5, 0.6) is 0 Å². The van der Waals surface area contributed by atoms with Crippen molar-refractivity contribution in [2.24, 2.45) is 0 Å². The average molecular weight is 349 g/mol. The smallest absolute Gasteiger partial charge is 0.270 e. The van der Waals surface area contributed by atoms with Crippen molar-refractivity contribution in [2.45, 2.75) is 13.5 Å². The zero-order valence-corrected chi connectivity index (χ0v) is 14.4. The molecule has 3 heterocycles. The van der Waals surface area contributed by atoms with Gasteiger partial charge < -0.3 is 14.9 Å². The lowest BCUT2D eigenvalue weighted by Crippen LogP contribution is -2.30. The fourth-order valence-corrected chi connectivity index (χ4v) is 3.06. The molecule has 6 heteroatoms. The van der Waals surface area contributed by atoms with Gasteiger partial charge in [0.05, 0.1) is 5.69 Å². The average Bonchev–Trinajstić information content (AvgIpc) is 3.35. The van der Waals surface area contributed by atoms with E-state index in [0.717, 1.165) is 27.9 Å². The van der Waals surface area contributed by atoms with E-state index in [1.807, 2.05) is 66.7 Å². The van der Waals surface area contributed by atoms with Crippen molar-refractivity contribution < 1.29 is 7.65 Å². The molecule has 0 aliphatic rings. The zero-order valence-electron chi connectivity index (χ0n) is 14.4. The van der Waals surface area contributed by atoms with Gasteiger partial charge in [0.15, 0.2) is 0 Å². The zero-order chi connectivity index (χ0) is 17.9. The highest BCUT2D eigenvalue weighted by Gasteiger charge is 2.18. The quantitative estimate of drug-likeness (QED) is 0.569. The molecule has 3 aromatic heterocycles. The van der Waals surface area contributed by atoms with Crippen molar-refractivity contribution in [1.29, 1.82) is 0 Å². The first-order valence-electron chi connectivity index (χ1n) is 8.56. The van der Waals surface area contributed by atoms with Gasteiger partial charge in [-0.05, 0) is 24.6 Å². The fraction of sp³-hybridized carbons (Fsp3) is 0.150. The Bertz CT molecular complexity index is 1040. The molecule has 0 saturated heterocycles. The van der Waals surface area contributed by atoms with Crippen molar-refractivity contribution in [1.82, 2.24) is 24.8 Å². The van der Waals surface area contributed by atoms with E-state index in [2.05, 4.69) is 19.9 Å². The summed E-state index contributed by atoms with van der Waals surface area (Å²) in [5, 5.41) is 0.933. The Labute approximate surface area is 153 Å². The molecule has 134 valence electrons. The third kappa shape index (κ3) is 2.97. The summed E-state index contributed by atoms with van der Waals surface area (Å²) in [5.74, 6) is -0.0260. The second-order valence-electron chi connectivity index (χ2n) is 6.07. The summed E-state index contributed by atoms with van der Waals surface area (Å²) in [5.41, 5.74) is 4.12. The molecule has 6 nitrogen and oxygen atoms in total. The third-order valence-corrected chi connectivity index (χ3v) is 4.43. The van der Waals surface area contributed by atoms with Crippen LogP contribution in [0.2, 0.25) is 0 Å². The van der Waals surface area contributed by atoms with Gasteiger partial charge in [0, 0.05) is 39.3 Å². The normalized spacial score (nSPS) is 11.0. The van der Waals surface area contributed by atoms with E-state index in [1.54, 1.807) is 0 Å². The number of aromatic nitrogens is 4. The lowest BCUT2D eigenvalue weighted by molar-refractivity contribution is 0.0747. The van der Waals surface area contributed by atoms with Crippen LogP contribution in [0.4, 0.5) is 0 Å². The van der Waals surface area contributed by atoms with E-state index in [4.69, 9.17) is 0 Å². The van der Waals surface area contributed by atoms with E-state index in [1.165, 1.54) is 6.33 Å². The van der Waals surface area contributed by atoms with Crippen molar-refractivity contribution in [3.05, 3.63) is 72.4 Å². The number of amides is 1. The Morgan fingerprint density at radius 1 is 1.15 bits per heavy atom. The van der Waals surface area contributed by atoms with Crippen LogP contribution in [0.15, 0.2) is 61.2 Å². The molecule has 0 spiro atoms. The van der Waals surface area contributed by atoms with Gasteiger partial charge in [0.1, 0.15) is 17.7 Å². The number of carbonyl (C=O) groups excluding carboxylic acids is 1. The van der Waals surface area contributed by atoms with Gasteiger partial charge in [-0.2, -0.15) is 0 Å². The molecule has 0 saturated carbocycles. The van der Waals surface area contributed by atoms with Crippen LogP contribution >= 0.6 is 0 Å². The highest BCUT2D eigenvalue weighted by molar-refractivity contribution is 5.96. The number of hydrogen-bond donors (Lipinski definition) is 2. The first kappa shape index (κ1) is 16.1. The fourth-order valence-electron chi connectivity index (χ4n) is 3.06. The molecule has 0 aliphatic heterocycles. The number of nitrogens with one attached hydrogen (secondary N) is 2. The molecule has 0 unspecified atom stereocenters. The van der Waals surface area contributed by atoms with Crippen LogP contribution in [0.25, 0.3) is 22.3 Å². The van der Waals surface area contributed by atoms with Crippen LogP contribution in [-0.4, -0.2) is 37.3 Å². The molecule has 4 rings (SSSR count). The first-order chi connectivity index (χ1) is 12.8. The minimum Gasteiger partial charge on any atom is -0.357 e. The Kier molecular flexibility index (Phi) is 4.23. The molecule has 0 aliphatic carbocycles. The number of carbonyl (C=O) groups is 1. The maximum Gasteiger partial charge on any atom is 0.270 e. The Hall–Kier alpha value is -3.41. The van der Waals surface area contributed by atoms with Crippen LogP contribution < -0.4 is 0 Å². The standard InChI is InChI=1S/C20H19N5O.2H2/c1-2-25(12-14-6-4-3-5-7-14)20(26)17-10-15(11-22-17)18-16-8-9-21-19(16)24-13-23-18;;/h3-11,13,22H,2,12H2,1H3,(H,21,23,24);2*1H. The lowest BCUT2D eigenvalue weighted by atomic mass is 10.1. The van der Waals surface area contributed by atoms with E-state index in [0.29, 0.717) is 18.8 Å². The van der Waals surface area contributed by atoms with Crippen molar-refractivity contribution in [3.63, 3.8) is 0 Å². The third-order valence-electron chi connectivity index (χ3n) is 4.43. The molecule has 0 bridgehead atoms. The van der Waals surface area contributed by atoms with Gasteiger partial charge in [-0.1, -0.05) is 30.3 Å². The van der Waals surface area contributed by atoms with Gasteiger partial charge in [-0.3, -0.25) is 4.79 Å². The molecule has 0 fully saturated rings. The van der Waals surface area contributed by atoms with Crippen LogP contribution in [-0.2, 0) is 6.54 Å². The number of fused-ring (bicyclic) bond motifs is 1. The summed E-state index contributed by atoms with van der Waals surface area (Å²) in [4.78, 5) is 29.5. The Balaban J connectivity index is 0.00000140. The van der Waals surface area contributed by atoms with Crippen LogP contribution in [0.1, 0.15) is 25.8 Å². The van der Waals surface area contributed by atoms with Crippen molar-refractivity contribution >= 4 is 16.9 Å². The molecule has 0 radical (unpaired) electrons. The molecule has 4 aromatic rings. The number of hydrogen-bond acceptors (Lipinski definition) is 3. The van der Waals surface area contributed by atoms with Gasteiger partial charge in [0.2, 0.25) is 0 Å². The van der Waals surface area contributed by atoms with E-state index >= 15 is 0 Å². The maximum absolute atomic E-state index is 12.9. The molecule has 1 aromatic carbocycles. The largest absolute Gasteiger partial charge is 0.357 e. The highest BCUT2D eigenvalue weighted by Crippen LogP contribution is 2.25. The first-order valence-corrected chi connectivity index (χ1v) is 8.56. The van der Waals surface area contributed by atoms with Gasteiger partial charge in [-0.25, -0.2) is 9.97 Å². The Morgan fingerprint density at radius 2 is 2.00 bits per heavy atom. The summed E-state index contributed by atoms with van der Waals surface area (Å²) in [7, 11) is 0. The van der Waals surface area contributed by atoms with Gasteiger partial charge in [-0.15, -0.1) is 0 Å². The monoisotopic (exact) mass is 349 g/mol. The predicted molar refractivity (Wildman–Crippen MR) is 105 cm³/mol. The number of rotatable bonds is 5. The molecular weight excluding hydrogens is 326 g/mol. The van der Waals surface area contributed by atoms with Crippen molar-refractivity contribution in [3.8, 4) is 11.3 Å². The lowest BCUT2D eigenvalue weighted by Gasteiger charge is -2.20. The van der Waals surface area contributed by atoms with E-state index in [-0.39, 0.29) is 8.76 Å². The second-order valence-corrected chi connectivity index (χ2v) is 6.07. The summed E-state index contributed by atoms with van der Waals surface area (Å²) in [6, 6.07) is 13.8. The predicted octanol–water partition coefficient (Wildman–Crippen LogP) is 4.11. The van der Waals surface area contributed by atoms with E-state index in [9.17, 15) is 4.79 Å². The number of nitrogens with zero attached hydrogens (tertiary/aromatic N) is 3. The number of aromatic amines is 2. The minimum absolute atomic E-state index is 0. The summed E-state index contributed by atoms with van der Waals surface area (Å²) < 4.78 is 0. The topological polar surface area (TPSA) is 77.7 Å². The number of H-pyrrole nitrogens is 2. The molecule has 0 atom stereocenters. The molecule has 2 N–H and O–H groups in total. The van der Waals surface area contributed by atoms with Crippen molar-refractivity contribution in [2.75, 3.05) is 6.54 Å². The molecule has 26 heavy (non-hydrogen) atoms. The summed E-state index contributed by atoms with van der Waals surface area (Å²) in [6.07, 6.45) is 5.18. The maximum atomic E-state index is 12.9. The number of benzene rings is 1. The highest BCUT2D eigenvalue weighted by atomic mass is 16.2.